The van der Waals surface area contributed by atoms with Crippen LogP contribution in [-0.4, -0.2) is 14.6 Å². The molecule has 0 unspecified atom stereocenters. The number of hydrogen-bond acceptors (Lipinski definition) is 2. The fourth-order valence-electron chi connectivity index (χ4n) is 1.30. The second-order valence-corrected chi connectivity index (χ2v) is 4.24. The Labute approximate surface area is 90.3 Å². The van der Waals surface area contributed by atoms with Gasteiger partial charge in [-0.2, -0.15) is 5.10 Å². The standard InChI is InChI=1S/C9H10IN3/c1-3-8-11-9-6(2)4-7(10)5-13(9)12-8/h4-5H,3H2,1-2H3. The Morgan fingerprint density at radius 2 is 2.31 bits per heavy atom. The minimum Gasteiger partial charge on any atom is -0.220 e. The van der Waals surface area contributed by atoms with Crippen LogP contribution in [0.25, 0.3) is 5.65 Å². The predicted octanol–water partition coefficient (Wildman–Crippen LogP) is 2.20. The molecule has 0 aliphatic heterocycles. The molecule has 2 aromatic heterocycles. The molecule has 0 radical (unpaired) electrons. The van der Waals surface area contributed by atoms with Crippen molar-refractivity contribution in [2.24, 2.45) is 0 Å². The average Bonchev–Trinajstić information content (AvgIpc) is 2.47. The van der Waals surface area contributed by atoms with Crippen LogP contribution in [-0.2, 0) is 6.42 Å². The molecule has 2 heterocycles. The van der Waals surface area contributed by atoms with Gasteiger partial charge < -0.3 is 0 Å². The lowest BCUT2D eigenvalue weighted by Gasteiger charge is -1.96. The number of aryl methyl sites for hydroxylation is 2. The van der Waals surface area contributed by atoms with E-state index in [1.54, 1.807) is 0 Å². The molecule has 0 aliphatic rings. The molecule has 0 bridgehead atoms. The maximum absolute atomic E-state index is 4.42. The zero-order valence-corrected chi connectivity index (χ0v) is 9.74. The molecule has 0 aliphatic carbocycles. The molecule has 0 saturated heterocycles. The molecule has 2 aromatic rings. The minimum absolute atomic E-state index is 0.887. The van der Waals surface area contributed by atoms with Crippen molar-refractivity contribution < 1.29 is 0 Å². The summed E-state index contributed by atoms with van der Waals surface area (Å²) in [4.78, 5) is 4.42. The first-order valence-corrected chi connectivity index (χ1v) is 5.30. The monoisotopic (exact) mass is 287 g/mol. The van der Waals surface area contributed by atoms with Crippen molar-refractivity contribution >= 4 is 28.2 Å². The van der Waals surface area contributed by atoms with Crippen LogP contribution in [0, 0.1) is 10.5 Å². The molecular formula is C9H10IN3. The average molecular weight is 287 g/mol. The molecule has 0 fully saturated rings. The second-order valence-electron chi connectivity index (χ2n) is 2.99. The number of halogens is 1. The molecule has 0 atom stereocenters. The van der Waals surface area contributed by atoms with Crippen LogP contribution in [0.3, 0.4) is 0 Å². The van der Waals surface area contributed by atoms with Gasteiger partial charge in [0.25, 0.3) is 0 Å². The van der Waals surface area contributed by atoms with E-state index in [1.165, 1.54) is 9.13 Å². The highest BCUT2D eigenvalue weighted by atomic mass is 127. The Hall–Kier alpha value is -0.650. The summed E-state index contributed by atoms with van der Waals surface area (Å²) in [5.41, 5.74) is 2.15. The van der Waals surface area contributed by atoms with Crippen molar-refractivity contribution in [1.29, 1.82) is 0 Å². The first-order chi connectivity index (χ1) is 6.20. The van der Waals surface area contributed by atoms with Crippen molar-refractivity contribution in [3.8, 4) is 0 Å². The topological polar surface area (TPSA) is 30.2 Å². The molecular weight excluding hydrogens is 277 g/mol. The van der Waals surface area contributed by atoms with Gasteiger partial charge in [-0.1, -0.05) is 6.92 Å². The van der Waals surface area contributed by atoms with Crippen molar-refractivity contribution in [3.05, 3.63) is 27.2 Å². The summed E-state index contributed by atoms with van der Waals surface area (Å²) in [7, 11) is 0. The van der Waals surface area contributed by atoms with Gasteiger partial charge in [0, 0.05) is 16.2 Å². The lowest BCUT2D eigenvalue weighted by molar-refractivity contribution is 0.882. The van der Waals surface area contributed by atoms with E-state index >= 15 is 0 Å². The van der Waals surface area contributed by atoms with Crippen LogP contribution in [0.1, 0.15) is 18.3 Å². The minimum atomic E-state index is 0.887. The number of pyridine rings is 1. The van der Waals surface area contributed by atoms with Gasteiger partial charge in [-0.3, -0.25) is 0 Å². The van der Waals surface area contributed by atoms with Gasteiger partial charge in [-0.25, -0.2) is 9.50 Å². The maximum atomic E-state index is 4.42. The number of hydrogen-bond donors (Lipinski definition) is 0. The summed E-state index contributed by atoms with van der Waals surface area (Å²) >= 11 is 2.29. The molecule has 13 heavy (non-hydrogen) atoms. The molecule has 3 nitrogen and oxygen atoms in total. The van der Waals surface area contributed by atoms with Crippen LogP contribution in [0.2, 0.25) is 0 Å². The molecule has 0 N–H and O–H groups in total. The molecule has 0 spiro atoms. The third-order valence-electron chi connectivity index (χ3n) is 1.94. The lowest BCUT2D eigenvalue weighted by Crippen LogP contribution is -1.91. The third kappa shape index (κ3) is 1.54. The first kappa shape index (κ1) is 8.93. The van der Waals surface area contributed by atoms with Gasteiger partial charge in [0.05, 0.1) is 0 Å². The Balaban J connectivity index is 2.75. The van der Waals surface area contributed by atoms with E-state index < -0.39 is 0 Å². The maximum Gasteiger partial charge on any atom is 0.158 e. The quantitative estimate of drug-likeness (QED) is 0.753. The molecule has 4 heteroatoms. The fourth-order valence-corrected chi connectivity index (χ4v) is 2.03. The van der Waals surface area contributed by atoms with Crippen LogP contribution in [0.5, 0.6) is 0 Å². The predicted molar refractivity (Wildman–Crippen MR) is 59.8 cm³/mol. The summed E-state index contributed by atoms with van der Waals surface area (Å²) in [6.07, 6.45) is 2.88. The van der Waals surface area contributed by atoms with E-state index in [9.17, 15) is 0 Å². The van der Waals surface area contributed by atoms with E-state index in [4.69, 9.17) is 0 Å². The zero-order valence-electron chi connectivity index (χ0n) is 7.58. The molecule has 68 valence electrons. The van der Waals surface area contributed by atoms with Gasteiger partial charge in [-0.15, -0.1) is 0 Å². The molecule has 2 rings (SSSR count). The van der Waals surface area contributed by atoms with Crippen molar-refractivity contribution in [2.45, 2.75) is 20.3 Å². The van der Waals surface area contributed by atoms with Crippen LogP contribution in [0.4, 0.5) is 0 Å². The summed E-state index contributed by atoms with van der Waals surface area (Å²) in [6, 6.07) is 2.12. The van der Waals surface area contributed by atoms with E-state index in [-0.39, 0.29) is 0 Å². The Kier molecular flexibility index (Phi) is 2.23. The Morgan fingerprint density at radius 3 is 3.00 bits per heavy atom. The van der Waals surface area contributed by atoms with Crippen LogP contribution >= 0.6 is 22.6 Å². The van der Waals surface area contributed by atoms with Crippen LogP contribution in [0.15, 0.2) is 12.3 Å². The van der Waals surface area contributed by atoms with E-state index in [0.29, 0.717) is 0 Å². The summed E-state index contributed by atoms with van der Waals surface area (Å²) in [6.45, 7) is 4.13. The van der Waals surface area contributed by atoms with Gasteiger partial charge in [0.2, 0.25) is 0 Å². The number of aromatic nitrogens is 3. The van der Waals surface area contributed by atoms with E-state index in [2.05, 4.69) is 52.6 Å². The Bertz CT molecular complexity index is 447. The van der Waals surface area contributed by atoms with Gasteiger partial charge in [-0.05, 0) is 41.1 Å². The van der Waals surface area contributed by atoms with E-state index in [0.717, 1.165) is 17.9 Å². The summed E-state index contributed by atoms with van der Waals surface area (Å²) in [5.74, 6) is 0.908. The number of fused-ring (bicyclic) bond motifs is 1. The van der Waals surface area contributed by atoms with E-state index in [1.807, 2.05) is 10.7 Å². The number of nitrogens with zero attached hydrogens (tertiary/aromatic N) is 3. The summed E-state index contributed by atoms with van der Waals surface area (Å²) in [5, 5.41) is 4.35. The SMILES string of the molecule is CCc1nc2c(C)cc(I)cn2n1. The zero-order chi connectivity index (χ0) is 9.42. The highest BCUT2D eigenvalue weighted by Crippen LogP contribution is 2.12. The highest BCUT2D eigenvalue weighted by molar-refractivity contribution is 14.1. The molecule has 0 aromatic carbocycles. The first-order valence-electron chi connectivity index (χ1n) is 4.22. The van der Waals surface area contributed by atoms with Crippen LogP contribution < -0.4 is 0 Å². The third-order valence-corrected chi connectivity index (χ3v) is 2.53. The summed E-state index contributed by atoms with van der Waals surface area (Å²) < 4.78 is 3.05. The van der Waals surface area contributed by atoms with Crippen molar-refractivity contribution in [3.63, 3.8) is 0 Å². The second kappa shape index (κ2) is 3.25. The van der Waals surface area contributed by atoms with Crippen molar-refractivity contribution in [2.75, 3.05) is 0 Å². The normalized spacial score (nSPS) is 11.0. The number of rotatable bonds is 1. The largest absolute Gasteiger partial charge is 0.220 e. The molecule has 0 amide bonds. The highest BCUT2D eigenvalue weighted by Gasteiger charge is 2.04. The fraction of sp³-hybridized carbons (Fsp3) is 0.333. The van der Waals surface area contributed by atoms with Gasteiger partial charge in [0.1, 0.15) is 0 Å². The van der Waals surface area contributed by atoms with Crippen molar-refractivity contribution in [1.82, 2.24) is 14.6 Å². The smallest absolute Gasteiger partial charge is 0.158 e. The lowest BCUT2D eigenvalue weighted by atomic mass is 10.3. The Morgan fingerprint density at radius 1 is 1.54 bits per heavy atom. The van der Waals surface area contributed by atoms with Gasteiger partial charge >= 0.3 is 0 Å². The van der Waals surface area contributed by atoms with Gasteiger partial charge in [0.15, 0.2) is 11.5 Å². The molecule has 0 saturated carbocycles.